The molecule has 0 saturated carbocycles. The van der Waals surface area contributed by atoms with Gasteiger partial charge in [0.2, 0.25) is 0 Å². The summed E-state index contributed by atoms with van der Waals surface area (Å²) in [6.07, 6.45) is -0.0512. The maximum atomic E-state index is 11.7. The first kappa shape index (κ1) is 18.1. The summed E-state index contributed by atoms with van der Waals surface area (Å²) >= 11 is 0. The molecule has 2 rings (SSSR count). The highest BCUT2D eigenvalue weighted by Crippen LogP contribution is 2.27. The number of hydrogen-bond acceptors (Lipinski definition) is 6. The van der Waals surface area contributed by atoms with Crippen LogP contribution >= 0.6 is 0 Å². The van der Waals surface area contributed by atoms with Crippen LogP contribution in [0.1, 0.15) is 5.56 Å². The predicted molar refractivity (Wildman–Crippen MR) is 90.4 cm³/mol. The number of nitrogens with one attached hydrogen (secondary N) is 1. The molecule has 25 heavy (non-hydrogen) atoms. The third-order valence-corrected chi connectivity index (χ3v) is 3.39. The highest BCUT2D eigenvalue weighted by atomic mass is 16.6. The minimum absolute atomic E-state index is 0.0683. The smallest absolute Gasteiger partial charge is 0.412 e. The van der Waals surface area contributed by atoms with E-state index in [1.165, 1.54) is 24.3 Å². The molecular weight excluding hydrogens is 328 g/mol. The van der Waals surface area contributed by atoms with Crippen molar-refractivity contribution in [2.75, 3.05) is 20.8 Å². The van der Waals surface area contributed by atoms with Gasteiger partial charge in [-0.1, -0.05) is 6.07 Å². The lowest BCUT2D eigenvalue weighted by atomic mass is 10.1. The first-order valence-corrected chi connectivity index (χ1v) is 7.44. The maximum absolute atomic E-state index is 11.7. The Balaban J connectivity index is 1.83. The Kier molecular flexibility index (Phi) is 6.16. The van der Waals surface area contributed by atoms with Crippen LogP contribution in [0.3, 0.4) is 0 Å². The van der Waals surface area contributed by atoms with Crippen molar-refractivity contribution in [3.8, 4) is 17.2 Å². The van der Waals surface area contributed by atoms with E-state index in [0.717, 1.165) is 5.56 Å². The van der Waals surface area contributed by atoms with Crippen LogP contribution in [0.25, 0.3) is 0 Å². The average Bonchev–Trinajstić information content (AvgIpc) is 2.62. The fraction of sp³-hybridized carbons (Fsp3) is 0.235. The number of methoxy groups -OCH3 is 2. The third-order valence-electron chi connectivity index (χ3n) is 3.39. The molecule has 2 aromatic carbocycles. The Labute approximate surface area is 144 Å². The van der Waals surface area contributed by atoms with Gasteiger partial charge in [0.05, 0.1) is 19.1 Å². The second-order valence-electron chi connectivity index (χ2n) is 5.01. The molecule has 2 aromatic rings. The Hall–Kier alpha value is -3.29. The topological polar surface area (TPSA) is 99.9 Å². The van der Waals surface area contributed by atoms with Crippen molar-refractivity contribution >= 4 is 11.8 Å². The van der Waals surface area contributed by atoms with E-state index in [1.54, 1.807) is 20.3 Å². The number of amides is 1. The lowest BCUT2D eigenvalue weighted by molar-refractivity contribution is -0.384. The highest BCUT2D eigenvalue weighted by molar-refractivity contribution is 5.70. The van der Waals surface area contributed by atoms with Crippen LogP contribution < -0.4 is 19.5 Å². The monoisotopic (exact) mass is 346 g/mol. The minimum atomic E-state index is -0.630. The molecule has 8 heteroatoms. The van der Waals surface area contributed by atoms with Crippen LogP contribution in [0, 0.1) is 10.1 Å². The highest BCUT2D eigenvalue weighted by Gasteiger charge is 2.08. The Morgan fingerprint density at radius 1 is 1.08 bits per heavy atom. The van der Waals surface area contributed by atoms with Gasteiger partial charge in [0.15, 0.2) is 11.5 Å². The van der Waals surface area contributed by atoms with Crippen LogP contribution in [0.2, 0.25) is 0 Å². The molecule has 132 valence electrons. The number of nitro groups is 1. The van der Waals surface area contributed by atoms with Gasteiger partial charge in [-0.2, -0.15) is 0 Å². The molecule has 0 fully saturated rings. The lowest BCUT2D eigenvalue weighted by Gasteiger charge is -2.10. The number of carbonyl (C=O) groups excluding carboxylic acids is 1. The summed E-state index contributed by atoms with van der Waals surface area (Å²) in [5.74, 6) is 1.49. The van der Waals surface area contributed by atoms with Crippen LogP contribution in [-0.2, 0) is 6.42 Å². The van der Waals surface area contributed by atoms with Crippen LogP contribution in [0.15, 0.2) is 42.5 Å². The molecule has 0 atom stereocenters. The van der Waals surface area contributed by atoms with Crippen molar-refractivity contribution in [1.29, 1.82) is 0 Å². The molecule has 0 aliphatic heterocycles. The Morgan fingerprint density at radius 2 is 1.76 bits per heavy atom. The number of benzene rings is 2. The van der Waals surface area contributed by atoms with Crippen molar-refractivity contribution in [2.24, 2.45) is 0 Å². The van der Waals surface area contributed by atoms with E-state index in [9.17, 15) is 14.9 Å². The summed E-state index contributed by atoms with van der Waals surface area (Å²) in [4.78, 5) is 21.8. The fourth-order valence-electron chi connectivity index (χ4n) is 2.12. The SMILES string of the molecule is COc1ccc(CCNC(=O)Oc2ccc([N+](=O)[O-])cc2)cc1OC. The molecule has 0 saturated heterocycles. The summed E-state index contributed by atoms with van der Waals surface area (Å²) < 4.78 is 15.4. The first-order valence-electron chi connectivity index (χ1n) is 7.44. The van der Waals surface area contributed by atoms with Crippen molar-refractivity contribution in [3.63, 3.8) is 0 Å². The number of nitro benzene ring substituents is 1. The van der Waals surface area contributed by atoms with E-state index in [-0.39, 0.29) is 11.4 Å². The normalized spacial score (nSPS) is 10.0. The minimum Gasteiger partial charge on any atom is -0.493 e. The van der Waals surface area contributed by atoms with Gasteiger partial charge in [0, 0.05) is 18.7 Å². The Bertz CT molecular complexity index is 745. The second-order valence-corrected chi connectivity index (χ2v) is 5.01. The van der Waals surface area contributed by atoms with Gasteiger partial charge in [-0.05, 0) is 36.2 Å². The summed E-state index contributed by atoms with van der Waals surface area (Å²) in [5, 5.41) is 13.2. The Morgan fingerprint density at radius 3 is 2.36 bits per heavy atom. The number of hydrogen-bond donors (Lipinski definition) is 1. The van der Waals surface area contributed by atoms with E-state index in [4.69, 9.17) is 14.2 Å². The first-order chi connectivity index (χ1) is 12.0. The molecule has 0 radical (unpaired) electrons. The summed E-state index contributed by atoms with van der Waals surface area (Å²) in [7, 11) is 3.12. The van der Waals surface area contributed by atoms with Gasteiger partial charge in [-0.3, -0.25) is 10.1 Å². The number of carbonyl (C=O) groups is 1. The zero-order chi connectivity index (χ0) is 18.2. The van der Waals surface area contributed by atoms with Gasteiger partial charge in [-0.25, -0.2) is 4.79 Å². The van der Waals surface area contributed by atoms with E-state index in [1.807, 2.05) is 12.1 Å². The number of rotatable bonds is 7. The standard InChI is InChI=1S/C17H18N2O6/c1-23-15-8-3-12(11-16(15)24-2)9-10-18-17(20)25-14-6-4-13(5-7-14)19(21)22/h3-8,11H,9-10H2,1-2H3,(H,18,20). The van der Waals surface area contributed by atoms with Gasteiger partial charge in [0.25, 0.3) is 5.69 Å². The summed E-state index contributed by atoms with van der Waals surface area (Å²) in [6, 6.07) is 10.8. The van der Waals surface area contributed by atoms with Gasteiger partial charge < -0.3 is 19.5 Å². The summed E-state index contributed by atoms with van der Waals surface area (Å²) in [6.45, 7) is 0.362. The average molecular weight is 346 g/mol. The largest absolute Gasteiger partial charge is 0.493 e. The van der Waals surface area contributed by atoms with E-state index in [2.05, 4.69) is 5.32 Å². The van der Waals surface area contributed by atoms with E-state index >= 15 is 0 Å². The molecule has 0 heterocycles. The van der Waals surface area contributed by atoms with Gasteiger partial charge in [-0.15, -0.1) is 0 Å². The van der Waals surface area contributed by atoms with Crippen molar-refractivity contribution in [3.05, 3.63) is 58.1 Å². The number of ether oxygens (including phenoxy) is 3. The van der Waals surface area contributed by atoms with E-state index in [0.29, 0.717) is 24.5 Å². The molecule has 0 spiro atoms. The zero-order valence-electron chi connectivity index (χ0n) is 13.9. The molecule has 0 unspecified atom stereocenters. The molecule has 0 aliphatic rings. The van der Waals surface area contributed by atoms with Crippen LogP contribution in [-0.4, -0.2) is 31.8 Å². The zero-order valence-corrected chi connectivity index (χ0v) is 13.9. The van der Waals surface area contributed by atoms with E-state index < -0.39 is 11.0 Å². The molecule has 0 bridgehead atoms. The number of non-ortho nitro benzene ring substituents is 1. The fourth-order valence-corrected chi connectivity index (χ4v) is 2.12. The molecule has 1 amide bonds. The molecule has 0 aliphatic carbocycles. The van der Waals surface area contributed by atoms with Crippen LogP contribution in [0.4, 0.5) is 10.5 Å². The quantitative estimate of drug-likeness (QED) is 0.611. The number of nitrogens with zero attached hydrogens (tertiary/aromatic N) is 1. The molecule has 1 N–H and O–H groups in total. The van der Waals surface area contributed by atoms with Gasteiger partial charge >= 0.3 is 6.09 Å². The van der Waals surface area contributed by atoms with Gasteiger partial charge in [0.1, 0.15) is 5.75 Å². The summed E-state index contributed by atoms with van der Waals surface area (Å²) in [5.41, 5.74) is 0.898. The molecule has 8 nitrogen and oxygen atoms in total. The van der Waals surface area contributed by atoms with Crippen LogP contribution in [0.5, 0.6) is 17.2 Å². The lowest BCUT2D eigenvalue weighted by Crippen LogP contribution is -2.28. The second kappa shape index (κ2) is 8.53. The third kappa shape index (κ3) is 5.10. The van der Waals surface area contributed by atoms with Crippen molar-refractivity contribution in [1.82, 2.24) is 5.32 Å². The predicted octanol–water partition coefficient (Wildman–Crippen LogP) is 2.94. The molecule has 0 aromatic heterocycles. The van der Waals surface area contributed by atoms with Crippen molar-refractivity contribution in [2.45, 2.75) is 6.42 Å². The maximum Gasteiger partial charge on any atom is 0.412 e. The van der Waals surface area contributed by atoms with Crippen molar-refractivity contribution < 1.29 is 23.9 Å². The molecular formula is C17H18N2O6.